The fourth-order valence-corrected chi connectivity index (χ4v) is 1.72. The first-order valence-electron chi connectivity index (χ1n) is 2.30. The Morgan fingerprint density at radius 2 is 2.62 bits per heavy atom. The molecule has 0 unspecified atom stereocenters. The van der Waals surface area contributed by atoms with Crippen LogP contribution in [0.5, 0.6) is 0 Å². The van der Waals surface area contributed by atoms with Crippen LogP contribution in [0.4, 0.5) is 0 Å². The van der Waals surface area contributed by atoms with E-state index in [1.54, 1.807) is 0 Å². The summed E-state index contributed by atoms with van der Waals surface area (Å²) in [5.41, 5.74) is 6.31. The summed E-state index contributed by atoms with van der Waals surface area (Å²) >= 11 is 0.133. The van der Waals surface area contributed by atoms with Crippen molar-refractivity contribution < 1.29 is 0 Å². The minimum atomic E-state index is 0.133. The summed E-state index contributed by atoms with van der Waals surface area (Å²) in [5.74, 6) is 0. The second-order valence-corrected chi connectivity index (χ2v) is 3.34. The van der Waals surface area contributed by atoms with Crippen molar-refractivity contribution in [2.45, 2.75) is 0 Å². The summed E-state index contributed by atoms with van der Waals surface area (Å²) in [7, 11) is 0. The van der Waals surface area contributed by atoms with Gasteiger partial charge in [0.25, 0.3) is 0 Å². The lowest BCUT2D eigenvalue weighted by Gasteiger charge is -1.94. The molecule has 0 amide bonds. The van der Waals surface area contributed by atoms with Gasteiger partial charge in [-0.15, -0.1) is 0 Å². The van der Waals surface area contributed by atoms with Crippen LogP contribution in [0.25, 0.3) is 0 Å². The summed E-state index contributed by atoms with van der Waals surface area (Å²) in [6, 6.07) is 0. The summed E-state index contributed by atoms with van der Waals surface area (Å²) in [6.45, 7) is 0.566. The third-order valence-electron chi connectivity index (χ3n) is 0.808. The number of nitrogens with zero attached hydrogens (tertiary/aromatic N) is 1. The lowest BCUT2D eigenvalue weighted by Crippen LogP contribution is -2.01. The molecule has 44 valence electrons. The predicted octanol–water partition coefficient (Wildman–Crippen LogP) is 0.644. The number of hydrogen-bond donors (Lipinski definition) is 1. The lowest BCUT2D eigenvalue weighted by atomic mass is 10.4. The monoisotopic (exact) mass is 222 g/mol. The zero-order valence-corrected chi connectivity index (χ0v) is 6.50. The third kappa shape index (κ3) is 1.48. The Morgan fingerprint density at radius 1 is 1.75 bits per heavy atom. The Kier molecular flexibility index (Phi) is 2.35. The van der Waals surface area contributed by atoms with Gasteiger partial charge in [0.05, 0.1) is 9.92 Å². The first-order valence-corrected chi connectivity index (χ1v) is 4.79. The van der Waals surface area contributed by atoms with Crippen molar-refractivity contribution in [3.63, 3.8) is 0 Å². The van der Waals surface area contributed by atoms with Crippen LogP contribution in [-0.4, -0.2) is 14.8 Å². The van der Waals surface area contributed by atoms with Gasteiger partial charge in [-0.05, 0) is 10.1 Å². The third-order valence-corrected chi connectivity index (χ3v) is 2.18. The first kappa shape index (κ1) is 6.10. The molecule has 0 aromatic rings. The van der Waals surface area contributed by atoms with Crippen molar-refractivity contribution in [3.8, 4) is 0 Å². The van der Waals surface area contributed by atoms with Gasteiger partial charge in [0.15, 0.2) is 0 Å². The van der Waals surface area contributed by atoms with Gasteiger partial charge >= 0.3 is 0 Å². The van der Waals surface area contributed by atoms with Gasteiger partial charge in [-0.3, -0.25) is 4.99 Å². The molecule has 0 radical (unpaired) electrons. The van der Waals surface area contributed by atoms with Crippen LogP contribution in [0, 0.1) is 0 Å². The predicted molar refractivity (Wildman–Crippen MR) is 45.7 cm³/mol. The summed E-state index contributed by atoms with van der Waals surface area (Å²) in [6.07, 6.45) is 2.01. The Hall–Kier alpha value is -0.0300. The fraction of sp³-hybridized carbons (Fsp3) is 0.200. The summed E-state index contributed by atoms with van der Waals surface area (Å²) in [4.78, 5) is 4.08. The maximum absolute atomic E-state index is 5.31. The second-order valence-electron chi connectivity index (χ2n) is 1.34. The molecule has 0 aromatic carbocycles. The highest BCUT2D eigenvalue weighted by Crippen LogP contribution is 2.01. The molecule has 0 spiro atoms. The number of nitrogens with two attached hydrogens (primary N) is 1. The van der Waals surface area contributed by atoms with Crippen LogP contribution in [-0.2, 0) is 0 Å². The normalized spacial score (nSPS) is 17.4. The van der Waals surface area contributed by atoms with E-state index in [-0.39, 0.29) is 20.7 Å². The van der Waals surface area contributed by atoms with Gasteiger partial charge in [0.2, 0.25) is 0 Å². The molecule has 0 atom stereocenters. The van der Waals surface area contributed by atoms with Crippen molar-refractivity contribution in [3.05, 3.63) is 11.8 Å². The van der Waals surface area contributed by atoms with Crippen molar-refractivity contribution in [2.75, 3.05) is 6.54 Å². The molecule has 8 heavy (non-hydrogen) atoms. The highest BCUT2D eigenvalue weighted by molar-refractivity contribution is 14.2. The van der Waals surface area contributed by atoms with E-state index in [0.717, 1.165) is 5.70 Å². The Balaban J connectivity index is 2.68. The molecule has 1 aliphatic rings. The molecule has 0 bridgehead atoms. The van der Waals surface area contributed by atoms with Gasteiger partial charge in [0, 0.05) is 6.54 Å². The van der Waals surface area contributed by atoms with Gasteiger partial charge < -0.3 is 5.73 Å². The molecule has 0 saturated heterocycles. The van der Waals surface area contributed by atoms with Crippen LogP contribution in [0.1, 0.15) is 0 Å². The fourth-order valence-electron chi connectivity index (χ4n) is 0.396. The summed E-state index contributed by atoms with van der Waals surface area (Å²) < 4.78 is 4.13. The van der Waals surface area contributed by atoms with Crippen molar-refractivity contribution in [2.24, 2.45) is 10.7 Å². The van der Waals surface area contributed by atoms with Crippen molar-refractivity contribution >= 4 is 29.0 Å². The Morgan fingerprint density at radius 3 is 3.00 bits per heavy atom. The average Bonchev–Trinajstić information content (AvgIpc) is 1.90. The molecule has 1 aliphatic heterocycles. The molecule has 2 N–H and O–H groups in total. The molecule has 0 aliphatic carbocycles. The largest absolute Gasteiger partial charge is 0.325 e. The molecule has 0 aromatic heterocycles. The van der Waals surface area contributed by atoms with Crippen LogP contribution in [0.3, 0.4) is 0 Å². The van der Waals surface area contributed by atoms with Gasteiger partial charge in [-0.2, -0.15) is 0 Å². The smallest absolute Gasteiger partial charge is 0.0601 e. The number of halogens is 1. The lowest BCUT2D eigenvalue weighted by molar-refractivity contribution is 1.12. The molecule has 1 rings (SSSR count). The maximum atomic E-state index is 5.31. The Bertz CT molecular complexity index is 158. The van der Waals surface area contributed by atoms with Crippen molar-refractivity contribution in [1.29, 1.82) is 0 Å². The van der Waals surface area contributed by atoms with E-state index in [9.17, 15) is 0 Å². The number of allylic oxidation sites excluding steroid dienone is 1. The standard InChI is InChI=1S/C5H7IN2/c7-3-5-1-2-6-4-8-5/h1-2,4H,3,7H2. The number of hydrogen-bond acceptors (Lipinski definition) is 2. The van der Waals surface area contributed by atoms with E-state index in [2.05, 4.69) is 9.00 Å². The molecular formula is C5H7IN2. The molecule has 0 saturated carbocycles. The van der Waals surface area contributed by atoms with Crippen LogP contribution >= 0.6 is 20.7 Å². The SMILES string of the molecule is NCC1=CC=IC=N1. The number of aliphatic imine (C=N–C) groups is 1. The minimum absolute atomic E-state index is 0.133. The first-order chi connectivity index (χ1) is 3.93. The molecule has 0 fully saturated rings. The topological polar surface area (TPSA) is 38.4 Å². The molecule has 1 heterocycles. The quantitative estimate of drug-likeness (QED) is 0.649. The van der Waals surface area contributed by atoms with Gasteiger partial charge in [-0.25, -0.2) is 0 Å². The highest BCUT2D eigenvalue weighted by Gasteiger charge is 1.87. The van der Waals surface area contributed by atoms with E-state index < -0.39 is 0 Å². The number of rotatable bonds is 1. The zero-order valence-electron chi connectivity index (χ0n) is 4.34. The molecule has 2 nitrogen and oxygen atoms in total. The highest BCUT2D eigenvalue weighted by atomic mass is 127. The van der Waals surface area contributed by atoms with E-state index in [4.69, 9.17) is 5.73 Å². The average molecular weight is 222 g/mol. The van der Waals surface area contributed by atoms with E-state index in [1.165, 1.54) is 0 Å². The van der Waals surface area contributed by atoms with Crippen LogP contribution < -0.4 is 5.73 Å². The summed E-state index contributed by atoms with van der Waals surface area (Å²) in [5, 5.41) is 0. The molecule has 3 heteroatoms. The van der Waals surface area contributed by atoms with Gasteiger partial charge in [-0.1, -0.05) is 20.7 Å². The van der Waals surface area contributed by atoms with Gasteiger partial charge in [0.1, 0.15) is 0 Å². The minimum Gasteiger partial charge on any atom is -0.325 e. The second kappa shape index (κ2) is 3.09. The van der Waals surface area contributed by atoms with Crippen LogP contribution in [0.15, 0.2) is 16.8 Å². The van der Waals surface area contributed by atoms with E-state index in [0.29, 0.717) is 6.54 Å². The van der Waals surface area contributed by atoms with E-state index in [1.807, 2.05) is 10.3 Å². The van der Waals surface area contributed by atoms with Crippen molar-refractivity contribution in [1.82, 2.24) is 0 Å². The maximum Gasteiger partial charge on any atom is 0.0601 e. The Labute approximate surface area is 58.2 Å². The van der Waals surface area contributed by atoms with Crippen LogP contribution in [0.2, 0.25) is 0 Å². The molecular weight excluding hydrogens is 215 g/mol. The van der Waals surface area contributed by atoms with E-state index >= 15 is 0 Å². The zero-order chi connectivity index (χ0) is 5.82.